The van der Waals surface area contributed by atoms with E-state index in [0.29, 0.717) is 23.8 Å². The minimum absolute atomic E-state index is 0.0395. The standard InChI is InChI=1S/C22H37F3NO6P/c1-16(2)5-4-6-17(3)10-12-31-20-8-7-18(13-19(20)22(23,24)25)9-11-21(26,14-27)15-32-33(28,29)30/h7-8,13,16-17,27H,4-6,9-12,14-15,26H2,1-3H3,(H2,28,29,30)/t17-,21?/m0/s1. The van der Waals surface area contributed by atoms with Crippen molar-refractivity contribution in [2.24, 2.45) is 17.6 Å². The smallest absolute Gasteiger partial charge is 0.469 e. The van der Waals surface area contributed by atoms with Crippen LogP contribution in [0.1, 0.15) is 64.0 Å². The zero-order chi connectivity index (χ0) is 25.3. The number of phosphoric acid groups is 1. The van der Waals surface area contributed by atoms with Gasteiger partial charge in [-0.3, -0.25) is 4.52 Å². The Bertz CT molecular complexity index is 771. The first-order valence-corrected chi connectivity index (χ1v) is 12.6. The quantitative estimate of drug-likeness (QED) is 0.259. The summed E-state index contributed by atoms with van der Waals surface area (Å²) < 4.78 is 61.5. The van der Waals surface area contributed by atoms with E-state index in [0.717, 1.165) is 25.3 Å². The predicted molar refractivity (Wildman–Crippen MR) is 120 cm³/mol. The molecule has 1 unspecified atom stereocenters. The molecular weight excluding hydrogens is 462 g/mol. The van der Waals surface area contributed by atoms with Crippen molar-refractivity contribution in [2.75, 3.05) is 19.8 Å². The number of phosphoric ester groups is 1. The van der Waals surface area contributed by atoms with Crippen molar-refractivity contribution < 1.29 is 41.9 Å². The first-order chi connectivity index (χ1) is 15.1. The van der Waals surface area contributed by atoms with Crippen LogP contribution in [-0.4, -0.2) is 40.3 Å². The molecule has 1 aromatic carbocycles. The SMILES string of the molecule is CC(C)CCC[C@H](C)CCOc1ccc(CCC(N)(CO)COP(=O)(O)O)cc1C(F)(F)F. The Balaban J connectivity index is 2.76. The van der Waals surface area contributed by atoms with Crippen molar-refractivity contribution in [1.29, 1.82) is 0 Å². The van der Waals surface area contributed by atoms with Crippen molar-refractivity contribution in [1.82, 2.24) is 0 Å². The minimum Gasteiger partial charge on any atom is -0.493 e. The van der Waals surface area contributed by atoms with Gasteiger partial charge < -0.3 is 25.4 Å². The lowest BCUT2D eigenvalue weighted by molar-refractivity contribution is -0.139. The van der Waals surface area contributed by atoms with Gasteiger partial charge >= 0.3 is 14.0 Å². The molecule has 1 aromatic rings. The summed E-state index contributed by atoms with van der Waals surface area (Å²) in [6, 6.07) is 3.73. The molecule has 0 aliphatic rings. The largest absolute Gasteiger partial charge is 0.493 e. The lowest BCUT2D eigenvalue weighted by atomic mass is 9.93. The van der Waals surface area contributed by atoms with Crippen LogP contribution >= 0.6 is 7.82 Å². The van der Waals surface area contributed by atoms with Gasteiger partial charge in [0.15, 0.2) is 0 Å². The number of aryl methyl sites for hydroxylation is 1. The number of halogens is 3. The molecule has 0 bridgehead atoms. The Hall–Kier alpha value is -1.16. The van der Waals surface area contributed by atoms with Gasteiger partial charge in [-0.2, -0.15) is 13.2 Å². The van der Waals surface area contributed by atoms with Crippen molar-refractivity contribution >= 4 is 7.82 Å². The van der Waals surface area contributed by atoms with Gasteiger partial charge in [0.25, 0.3) is 0 Å². The number of aliphatic hydroxyl groups is 1. The van der Waals surface area contributed by atoms with Gasteiger partial charge in [0.1, 0.15) is 5.75 Å². The number of rotatable bonds is 15. The maximum Gasteiger partial charge on any atom is 0.469 e. The van der Waals surface area contributed by atoms with Crippen LogP contribution in [0, 0.1) is 11.8 Å². The highest BCUT2D eigenvalue weighted by molar-refractivity contribution is 7.46. The minimum atomic E-state index is -4.79. The number of hydrogen-bond acceptors (Lipinski definition) is 5. The molecule has 0 saturated carbocycles. The Morgan fingerprint density at radius 2 is 1.79 bits per heavy atom. The number of aliphatic hydroxyl groups excluding tert-OH is 1. The van der Waals surface area contributed by atoms with Crippen molar-refractivity contribution in [3.05, 3.63) is 29.3 Å². The third-order valence-electron chi connectivity index (χ3n) is 5.44. The molecule has 0 radical (unpaired) electrons. The Morgan fingerprint density at radius 3 is 2.33 bits per heavy atom. The van der Waals surface area contributed by atoms with Gasteiger partial charge in [-0.05, 0) is 48.8 Å². The highest BCUT2D eigenvalue weighted by Gasteiger charge is 2.35. The summed E-state index contributed by atoms with van der Waals surface area (Å²) >= 11 is 0. The van der Waals surface area contributed by atoms with Crippen molar-refractivity contribution in [3.63, 3.8) is 0 Å². The summed E-state index contributed by atoms with van der Waals surface area (Å²) in [5.74, 6) is 0.734. The molecule has 11 heteroatoms. The molecule has 0 aliphatic heterocycles. The van der Waals surface area contributed by atoms with Crippen LogP contribution in [0.15, 0.2) is 18.2 Å². The molecule has 0 amide bonds. The normalized spacial score (nSPS) is 15.5. The summed E-state index contributed by atoms with van der Waals surface area (Å²) in [6.07, 6.45) is -0.762. The fourth-order valence-corrected chi connectivity index (χ4v) is 3.70. The van der Waals surface area contributed by atoms with E-state index in [1.807, 2.05) is 0 Å². The number of alkyl halides is 3. The third kappa shape index (κ3) is 12.2. The van der Waals surface area contributed by atoms with Gasteiger partial charge in [0, 0.05) is 0 Å². The van der Waals surface area contributed by atoms with Gasteiger partial charge in [-0.1, -0.05) is 46.1 Å². The second kappa shape index (κ2) is 13.1. The maximum absolute atomic E-state index is 13.6. The van der Waals surface area contributed by atoms with E-state index < -0.39 is 38.3 Å². The van der Waals surface area contributed by atoms with Gasteiger partial charge in [0.2, 0.25) is 0 Å². The molecule has 1 rings (SSSR count). The molecule has 0 heterocycles. The monoisotopic (exact) mass is 499 g/mol. The summed E-state index contributed by atoms with van der Waals surface area (Å²) in [5, 5.41) is 9.45. The van der Waals surface area contributed by atoms with E-state index in [1.54, 1.807) is 0 Å². The molecule has 0 spiro atoms. The van der Waals surface area contributed by atoms with E-state index in [4.69, 9.17) is 20.3 Å². The van der Waals surface area contributed by atoms with Crippen molar-refractivity contribution in [2.45, 2.75) is 71.0 Å². The van der Waals surface area contributed by atoms with Crippen LogP contribution in [0.4, 0.5) is 13.2 Å². The van der Waals surface area contributed by atoms with Crippen LogP contribution in [0.5, 0.6) is 5.75 Å². The molecule has 0 saturated heterocycles. The maximum atomic E-state index is 13.6. The lowest BCUT2D eigenvalue weighted by Crippen LogP contribution is -2.48. The average molecular weight is 500 g/mol. The molecule has 0 aromatic heterocycles. The van der Waals surface area contributed by atoms with Crippen LogP contribution in [0.3, 0.4) is 0 Å². The average Bonchev–Trinajstić information content (AvgIpc) is 2.70. The molecule has 192 valence electrons. The number of hydrogen-bond donors (Lipinski definition) is 4. The number of ether oxygens (including phenoxy) is 1. The summed E-state index contributed by atoms with van der Waals surface area (Å²) in [5.41, 5.74) is 3.78. The van der Waals surface area contributed by atoms with E-state index >= 15 is 0 Å². The number of benzene rings is 1. The third-order valence-corrected chi connectivity index (χ3v) is 5.91. The fraction of sp³-hybridized carbons (Fsp3) is 0.727. The van der Waals surface area contributed by atoms with E-state index in [-0.39, 0.29) is 25.2 Å². The highest BCUT2D eigenvalue weighted by Crippen LogP contribution is 2.38. The molecule has 5 N–H and O–H groups in total. The first kappa shape index (κ1) is 29.9. The van der Waals surface area contributed by atoms with Crippen LogP contribution < -0.4 is 10.5 Å². The molecule has 7 nitrogen and oxygen atoms in total. The number of nitrogens with two attached hydrogens (primary N) is 1. The summed E-state index contributed by atoms with van der Waals surface area (Å²) in [4.78, 5) is 17.6. The zero-order valence-corrected chi connectivity index (χ0v) is 20.4. The molecule has 2 atom stereocenters. The molecular formula is C22H37F3NO6P. The van der Waals surface area contributed by atoms with Crippen molar-refractivity contribution in [3.8, 4) is 5.75 Å². The van der Waals surface area contributed by atoms with E-state index in [9.17, 15) is 22.8 Å². The first-order valence-electron chi connectivity index (χ1n) is 11.1. The van der Waals surface area contributed by atoms with Gasteiger partial charge in [0.05, 0.1) is 30.9 Å². The molecule has 0 fully saturated rings. The van der Waals surface area contributed by atoms with Crippen LogP contribution in [0.25, 0.3) is 0 Å². The fourth-order valence-electron chi connectivity index (χ4n) is 3.27. The Labute approximate surface area is 193 Å². The van der Waals surface area contributed by atoms with Crippen LogP contribution in [-0.2, 0) is 21.7 Å². The molecule has 33 heavy (non-hydrogen) atoms. The zero-order valence-electron chi connectivity index (χ0n) is 19.5. The van der Waals surface area contributed by atoms with E-state index in [1.165, 1.54) is 12.1 Å². The summed E-state index contributed by atoms with van der Waals surface area (Å²) in [6.45, 7) is 5.26. The highest BCUT2D eigenvalue weighted by atomic mass is 31.2. The topological polar surface area (TPSA) is 122 Å². The Morgan fingerprint density at radius 1 is 1.12 bits per heavy atom. The van der Waals surface area contributed by atoms with Crippen LogP contribution in [0.2, 0.25) is 0 Å². The van der Waals surface area contributed by atoms with Gasteiger partial charge in [-0.15, -0.1) is 0 Å². The Kier molecular flexibility index (Phi) is 11.8. The van der Waals surface area contributed by atoms with E-state index in [2.05, 4.69) is 25.3 Å². The molecule has 0 aliphatic carbocycles. The second-order valence-corrected chi connectivity index (χ2v) is 10.4. The van der Waals surface area contributed by atoms with Gasteiger partial charge in [-0.25, -0.2) is 4.57 Å². The summed E-state index contributed by atoms with van der Waals surface area (Å²) in [7, 11) is -4.79. The predicted octanol–water partition coefficient (Wildman–Crippen LogP) is 4.67. The second-order valence-electron chi connectivity index (χ2n) is 9.18. The lowest BCUT2D eigenvalue weighted by Gasteiger charge is -2.27.